The Morgan fingerprint density at radius 3 is 2.73 bits per heavy atom. The maximum Gasteiger partial charge on any atom is 0.251 e. The third-order valence-electron chi connectivity index (χ3n) is 6.20. The number of carbonyl (C=O) groups excluding carboxylic acids is 1. The van der Waals surface area contributed by atoms with Crippen LogP contribution in [0.5, 0.6) is 0 Å². The van der Waals surface area contributed by atoms with Crippen LogP contribution in [0.2, 0.25) is 0 Å². The molecule has 3 aromatic rings. The van der Waals surface area contributed by atoms with Crippen molar-refractivity contribution in [1.29, 1.82) is 0 Å². The molecule has 0 bridgehead atoms. The van der Waals surface area contributed by atoms with Crippen LogP contribution in [0.15, 0.2) is 54.7 Å². The number of likely N-dealkylation sites (N-methyl/N-ethyl adjacent to an activating group) is 1. The molecule has 5 rings (SSSR count). The minimum absolute atomic E-state index is 0.0265. The summed E-state index contributed by atoms with van der Waals surface area (Å²) < 4.78 is 0. The molecule has 2 aromatic carbocycles. The van der Waals surface area contributed by atoms with Crippen molar-refractivity contribution >= 4 is 22.5 Å². The zero-order chi connectivity index (χ0) is 20.5. The van der Waals surface area contributed by atoms with E-state index in [1.165, 1.54) is 0 Å². The summed E-state index contributed by atoms with van der Waals surface area (Å²) in [5.41, 5.74) is 2.98. The van der Waals surface area contributed by atoms with Gasteiger partial charge in [0.15, 0.2) is 0 Å². The summed E-state index contributed by atoms with van der Waals surface area (Å²) in [4.78, 5) is 22.5. The van der Waals surface area contributed by atoms with Crippen LogP contribution in [0.1, 0.15) is 27.5 Å². The maximum absolute atomic E-state index is 13.3. The first kappa shape index (κ1) is 19.0. The van der Waals surface area contributed by atoms with Gasteiger partial charge in [-0.3, -0.25) is 9.69 Å². The average molecular weight is 402 g/mol. The molecule has 1 aromatic heterocycles. The van der Waals surface area contributed by atoms with Gasteiger partial charge in [-0.25, -0.2) is 4.98 Å². The lowest BCUT2D eigenvalue weighted by Gasteiger charge is -2.35. The van der Waals surface area contributed by atoms with Gasteiger partial charge in [0.2, 0.25) is 0 Å². The van der Waals surface area contributed by atoms with Gasteiger partial charge in [-0.05, 0) is 41.8 Å². The smallest absolute Gasteiger partial charge is 0.251 e. The summed E-state index contributed by atoms with van der Waals surface area (Å²) in [6, 6.07) is 16.2. The number of nitrogens with zero attached hydrogens (tertiary/aromatic N) is 3. The highest BCUT2D eigenvalue weighted by Gasteiger charge is 2.23. The topological polar surface area (TPSA) is 60.5 Å². The molecule has 1 fully saturated rings. The minimum Gasteiger partial charge on any atom is -0.365 e. The van der Waals surface area contributed by atoms with Gasteiger partial charge in [-0.15, -0.1) is 0 Å². The second kappa shape index (κ2) is 8.05. The van der Waals surface area contributed by atoms with Crippen LogP contribution in [0.4, 0.5) is 5.82 Å². The Morgan fingerprint density at radius 1 is 1.13 bits per heavy atom. The number of nitrogens with one attached hydrogen (secondary N) is 2. The lowest BCUT2D eigenvalue weighted by Crippen LogP contribution is -2.47. The lowest BCUT2D eigenvalue weighted by atomic mass is 10.0. The van der Waals surface area contributed by atoms with E-state index >= 15 is 0 Å². The molecule has 0 radical (unpaired) electrons. The summed E-state index contributed by atoms with van der Waals surface area (Å²) in [6.45, 7) is 5.71. The number of amides is 1. The second-order valence-corrected chi connectivity index (χ2v) is 8.29. The van der Waals surface area contributed by atoms with Crippen LogP contribution in [-0.4, -0.2) is 60.5 Å². The van der Waals surface area contributed by atoms with Crippen LogP contribution in [0, 0.1) is 0 Å². The first-order valence-electron chi connectivity index (χ1n) is 10.6. The molecule has 1 atom stereocenters. The van der Waals surface area contributed by atoms with E-state index in [2.05, 4.69) is 44.6 Å². The van der Waals surface area contributed by atoms with Gasteiger partial charge in [0.1, 0.15) is 5.82 Å². The van der Waals surface area contributed by atoms with E-state index < -0.39 is 0 Å². The predicted molar refractivity (Wildman–Crippen MR) is 120 cm³/mol. The molecular formula is C24H27N5O. The van der Waals surface area contributed by atoms with Crippen molar-refractivity contribution in [2.75, 3.05) is 45.1 Å². The fourth-order valence-corrected chi connectivity index (χ4v) is 4.44. The summed E-state index contributed by atoms with van der Waals surface area (Å²) in [7, 11) is 2.16. The fourth-order valence-electron chi connectivity index (χ4n) is 4.44. The van der Waals surface area contributed by atoms with E-state index in [0.717, 1.165) is 60.4 Å². The molecule has 0 saturated carbocycles. The number of hydrogen-bond donors (Lipinski definition) is 2. The van der Waals surface area contributed by atoms with Crippen molar-refractivity contribution in [1.82, 2.24) is 20.1 Å². The fraction of sp³-hybridized carbons (Fsp3) is 0.333. The third-order valence-corrected chi connectivity index (χ3v) is 6.20. The summed E-state index contributed by atoms with van der Waals surface area (Å²) in [5.74, 6) is 0.882. The number of carbonyl (C=O) groups is 1. The Hall–Kier alpha value is -2.96. The normalized spacial score (nSPS) is 17.6. The van der Waals surface area contributed by atoms with Crippen LogP contribution < -0.4 is 10.6 Å². The molecule has 0 spiro atoms. The third kappa shape index (κ3) is 3.76. The number of hydrogen-bond acceptors (Lipinski definition) is 5. The van der Waals surface area contributed by atoms with Crippen molar-refractivity contribution in [3.63, 3.8) is 0 Å². The van der Waals surface area contributed by atoms with Gasteiger partial charge in [-0.1, -0.05) is 30.3 Å². The highest BCUT2D eigenvalue weighted by Crippen LogP contribution is 2.32. The summed E-state index contributed by atoms with van der Waals surface area (Å²) in [5, 5.41) is 8.81. The monoisotopic (exact) mass is 401 g/mol. The van der Waals surface area contributed by atoms with Gasteiger partial charge in [0.25, 0.3) is 5.91 Å². The van der Waals surface area contributed by atoms with Crippen molar-refractivity contribution < 1.29 is 4.79 Å². The Morgan fingerprint density at radius 2 is 1.93 bits per heavy atom. The first-order chi connectivity index (χ1) is 14.7. The molecule has 2 N–H and O–H groups in total. The average Bonchev–Trinajstić information content (AvgIpc) is 3.20. The highest BCUT2D eigenvalue weighted by molar-refractivity contribution is 6.04. The van der Waals surface area contributed by atoms with Gasteiger partial charge in [0.05, 0.1) is 6.04 Å². The van der Waals surface area contributed by atoms with Crippen LogP contribution in [0.3, 0.4) is 0 Å². The SMILES string of the molecule is CN1CCN(C[C@H](NC(=O)c2cc3c4c(nccc4c2)NC3)c2ccccc2)CC1. The Labute approximate surface area is 176 Å². The summed E-state index contributed by atoms with van der Waals surface area (Å²) in [6.07, 6.45) is 1.79. The second-order valence-electron chi connectivity index (χ2n) is 8.29. The highest BCUT2D eigenvalue weighted by atomic mass is 16.1. The molecule has 30 heavy (non-hydrogen) atoms. The van der Waals surface area contributed by atoms with Gasteiger partial charge in [0, 0.05) is 56.4 Å². The molecule has 6 nitrogen and oxygen atoms in total. The first-order valence-corrected chi connectivity index (χ1v) is 10.6. The molecule has 1 saturated heterocycles. The van der Waals surface area contributed by atoms with Gasteiger partial charge in [-0.2, -0.15) is 0 Å². The number of pyridine rings is 1. The quantitative estimate of drug-likeness (QED) is 0.689. The van der Waals surface area contributed by atoms with E-state index in [0.29, 0.717) is 12.1 Å². The Bertz CT molecular complexity index is 1060. The van der Waals surface area contributed by atoms with Crippen LogP contribution >= 0.6 is 0 Å². The van der Waals surface area contributed by atoms with Gasteiger partial charge >= 0.3 is 0 Å². The molecule has 3 heterocycles. The number of benzene rings is 2. The van der Waals surface area contributed by atoms with Crippen LogP contribution in [0.25, 0.3) is 10.8 Å². The molecule has 154 valence electrons. The van der Waals surface area contributed by atoms with E-state index in [9.17, 15) is 4.79 Å². The zero-order valence-corrected chi connectivity index (χ0v) is 17.3. The summed E-state index contributed by atoms with van der Waals surface area (Å²) >= 11 is 0. The van der Waals surface area contributed by atoms with E-state index in [-0.39, 0.29) is 11.9 Å². The number of rotatable bonds is 5. The van der Waals surface area contributed by atoms with Gasteiger partial charge < -0.3 is 15.5 Å². The zero-order valence-electron chi connectivity index (χ0n) is 17.3. The van der Waals surface area contributed by atoms with Crippen molar-refractivity contribution in [2.45, 2.75) is 12.6 Å². The molecule has 2 aliphatic heterocycles. The molecule has 0 aliphatic carbocycles. The van der Waals surface area contributed by atoms with Crippen molar-refractivity contribution in [3.05, 3.63) is 71.4 Å². The maximum atomic E-state index is 13.3. The molecule has 1 amide bonds. The van der Waals surface area contributed by atoms with Crippen molar-refractivity contribution in [3.8, 4) is 0 Å². The molecular weight excluding hydrogens is 374 g/mol. The molecule has 2 aliphatic rings. The van der Waals surface area contributed by atoms with E-state index in [1.54, 1.807) is 6.20 Å². The van der Waals surface area contributed by atoms with E-state index in [4.69, 9.17) is 0 Å². The molecule has 6 heteroatoms. The number of aromatic nitrogens is 1. The lowest BCUT2D eigenvalue weighted by molar-refractivity contribution is 0.0907. The van der Waals surface area contributed by atoms with E-state index in [1.807, 2.05) is 36.4 Å². The van der Waals surface area contributed by atoms with Crippen LogP contribution in [-0.2, 0) is 6.54 Å². The molecule has 0 unspecified atom stereocenters. The Kier molecular flexibility index (Phi) is 5.11. The Balaban J connectivity index is 1.39. The standard InChI is InChI=1S/C24H27N5O/c1-28-9-11-29(12-10-28)16-21(17-5-3-2-4-6-17)27-24(30)19-13-18-7-8-25-23-22(18)20(14-19)15-26-23/h2-8,13-14,21H,9-12,15-16H2,1H3,(H,25,26)(H,27,30)/t21-/m0/s1. The minimum atomic E-state index is -0.0440. The van der Waals surface area contributed by atoms with Crippen molar-refractivity contribution in [2.24, 2.45) is 0 Å². The number of anilines is 1. The number of piperazine rings is 1. The largest absolute Gasteiger partial charge is 0.365 e. The predicted octanol–water partition coefficient (Wildman–Crippen LogP) is 2.88.